The van der Waals surface area contributed by atoms with Crippen molar-refractivity contribution in [3.63, 3.8) is 0 Å². The summed E-state index contributed by atoms with van der Waals surface area (Å²) in [6.45, 7) is 5.24. The van der Waals surface area contributed by atoms with Gasteiger partial charge in [0.2, 0.25) is 0 Å². The molecule has 0 fully saturated rings. The third-order valence-electron chi connectivity index (χ3n) is 3.42. The molecule has 1 aromatic carbocycles. The first-order chi connectivity index (χ1) is 12.4. The molecule has 2 rings (SSSR count). The fourth-order valence-corrected chi connectivity index (χ4v) is 3.30. The Labute approximate surface area is 153 Å². The van der Waals surface area contributed by atoms with Gasteiger partial charge >= 0.3 is 11.9 Å². The molecule has 2 aromatic rings. The number of nitrogens with one attached hydrogen (secondary N) is 1. The molecule has 1 N–H and O–H groups in total. The van der Waals surface area contributed by atoms with E-state index in [0.717, 1.165) is 23.5 Å². The standard InChI is InChI=1S/C18H18FNO5S/c1-4-24-17(22)13-10(3)14(18(23)25-5-2)26-16(13)20-15(21)11-6-8-12(19)9-7-11/h6-9H,4-5H2,1-3H3,(H,20,21). The fraction of sp³-hybridized carbons (Fsp3) is 0.278. The average Bonchev–Trinajstić information content (AvgIpc) is 2.92. The van der Waals surface area contributed by atoms with Gasteiger partial charge in [0.1, 0.15) is 15.7 Å². The van der Waals surface area contributed by atoms with Gasteiger partial charge in [-0.3, -0.25) is 4.79 Å². The van der Waals surface area contributed by atoms with Gasteiger partial charge in [0.25, 0.3) is 5.91 Å². The van der Waals surface area contributed by atoms with E-state index in [-0.39, 0.29) is 34.2 Å². The lowest BCUT2D eigenvalue weighted by atomic mass is 10.1. The van der Waals surface area contributed by atoms with Gasteiger partial charge in [0.05, 0.1) is 18.8 Å². The van der Waals surface area contributed by atoms with E-state index < -0.39 is 23.7 Å². The van der Waals surface area contributed by atoms with Crippen LogP contribution in [-0.4, -0.2) is 31.1 Å². The molecule has 0 radical (unpaired) electrons. The number of hydrogen-bond acceptors (Lipinski definition) is 6. The highest BCUT2D eigenvalue weighted by Crippen LogP contribution is 2.34. The summed E-state index contributed by atoms with van der Waals surface area (Å²) in [5, 5.41) is 2.77. The lowest BCUT2D eigenvalue weighted by molar-refractivity contribution is 0.0527. The monoisotopic (exact) mass is 379 g/mol. The van der Waals surface area contributed by atoms with E-state index in [2.05, 4.69) is 5.32 Å². The van der Waals surface area contributed by atoms with Gasteiger partial charge in [-0.05, 0) is 50.6 Å². The Kier molecular flexibility index (Phi) is 6.46. The van der Waals surface area contributed by atoms with Gasteiger partial charge in [0.15, 0.2) is 0 Å². The summed E-state index contributed by atoms with van der Waals surface area (Å²) in [5.74, 6) is -2.23. The normalized spacial score (nSPS) is 10.3. The van der Waals surface area contributed by atoms with Crippen LogP contribution in [0.5, 0.6) is 0 Å². The zero-order valence-electron chi connectivity index (χ0n) is 14.6. The highest BCUT2D eigenvalue weighted by atomic mass is 32.1. The minimum Gasteiger partial charge on any atom is -0.462 e. The highest BCUT2D eigenvalue weighted by molar-refractivity contribution is 7.18. The van der Waals surface area contributed by atoms with E-state index in [1.807, 2.05) is 0 Å². The maximum atomic E-state index is 13.0. The summed E-state index contributed by atoms with van der Waals surface area (Å²) in [4.78, 5) is 37.0. The number of hydrogen-bond donors (Lipinski definition) is 1. The first-order valence-corrected chi connectivity index (χ1v) is 8.75. The number of carbonyl (C=O) groups is 3. The summed E-state index contributed by atoms with van der Waals surface area (Å²) in [6, 6.07) is 4.96. The molecule has 26 heavy (non-hydrogen) atoms. The molecule has 0 saturated heterocycles. The van der Waals surface area contributed by atoms with E-state index in [9.17, 15) is 18.8 Å². The van der Waals surface area contributed by atoms with E-state index >= 15 is 0 Å². The van der Waals surface area contributed by atoms with E-state index in [0.29, 0.717) is 5.56 Å². The second-order valence-corrected chi connectivity index (χ2v) is 6.18. The van der Waals surface area contributed by atoms with E-state index in [4.69, 9.17) is 9.47 Å². The van der Waals surface area contributed by atoms with Gasteiger partial charge in [0, 0.05) is 5.56 Å². The Hall–Kier alpha value is -2.74. The summed E-state index contributed by atoms with van der Waals surface area (Å²) in [5.41, 5.74) is 0.696. The number of halogens is 1. The van der Waals surface area contributed by atoms with Gasteiger partial charge < -0.3 is 14.8 Å². The predicted octanol–water partition coefficient (Wildman–Crippen LogP) is 3.80. The van der Waals surface area contributed by atoms with Crippen molar-refractivity contribution in [2.45, 2.75) is 20.8 Å². The van der Waals surface area contributed by atoms with E-state index in [1.165, 1.54) is 12.1 Å². The number of amides is 1. The van der Waals surface area contributed by atoms with Crippen LogP contribution in [0.3, 0.4) is 0 Å². The largest absolute Gasteiger partial charge is 0.462 e. The third-order valence-corrected chi connectivity index (χ3v) is 4.61. The Bertz CT molecular complexity index is 829. The van der Waals surface area contributed by atoms with Crippen LogP contribution >= 0.6 is 11.3 Å². The van der Waals surface area contributed by atoms with Crippen molar-refractivity contribution in [3.8, 4) is 0 Å². The molecule has 0 aliphatic carbocycles. The number of rotatable bonds is 6. The topological polar surface area (TPSA) is 81.7 Å². The molecular weight excluding hydrogens is 361 g/mol. The first-order valence-electron chi connectivity index (χ1n) is 7.93. The van der Waals surface area contributed by atoms with Crippen LogP contribution < -0.4 is 5.32 Å². The zero-order valence-corrected chi connectivity index (χ0v) is 15.4. The number of benzene rings is 1. The van der Waals surface area contributed by atoms with Crippen molar-refractivity contribution in [3.05, 3.63) is 51.7 Å². The quantitative estimate of drug-likeness (QED) is 0.772. The molecule has 8 heteroatoms. The smallest absolute Gasteiger partial charge is 0.348 e. The molecule has 0 atom stereocenters. The molecule has 0 spiro atoms. The van der Waals surface area contributed by atoms with Crippen LogP contribution in [0.25, 0.3) is 0 Å². The molecule has 0 saturated carbocycles. The molecule has 0 bridgehead atoms. The van der Waals surface area contributed by atoms with Crippen molar-refractivity contribution in [2.75, 3.05) is 18.5 Å². The first kappa shape index (κ1) is 19.6. The molecule has 6 nitrogen and oxygen atoms in total. The number of ether oxygens (including phenoxy) is 2. The Morgan fingerprint density at radius 3 is 2.19 bits per heavy atom. The van der Waals surface area contributed by atoms with Crippen molar-refractivity contribution in [1.82, 2.24) is 0 Å². The molecule has 1 aromatic heterocycles. The minimum absolute atomic E-state index is 0.107. The Morgan fingerprint density at radius 2 is 1.62 bits per heavy atom. The second kappa shape index (κ2) is 8.57. The number of carbonyl (C=O) groups excluding carboxylic acids is 3. The van der Waals surface area contributed by atoms with Crippen molar-refractivity contribution < 1.29 is 28.2 Å². The highest BCUT2D eigenvalue weighted by Gasteiger charge is 2.27. The van der Waals surface area contributed by atoms with Crippen LogP contribution in [0.15, 0.2) is 24.3 Å². The number of esters is 2. The molecule has 1 amide bonds. The van der Waals surface area contributed by atoms with Crippen LogP contribution in [0.1, 0.15) is 49.8 Å². The van der Waals surface area contributed by atoms with Gasteiger partial charge in [-0.15, -0.1) is 11.3 Å². The lowest BCUT2D eigenvalue weighted by Gasteiger charge is -2.07. The summed E-state index contributed by atoms with van der Waals surface area (Å²) in [7, 11) is 0. The van der Waals surface area contributed by atoms with Crippen LogP contribution in [0.2, 0.25) is 0 Å². The second-order valence-electron chi connectivity index (χ2n) is 5.16. The molecular formula is C18H18FNO5S. The third kappa shape index (κ3) is 4.26. The summed E-state index contributed by atoms with van der Waals surface area (Å²) in [6.07, 6.45) is 0. The predicted molar refractivity (Wildman–Crippen MR) is 95.3 cm³/mol. The summed E-state index contributed by atoms with van der Waals surface area (Å²) < 4.78 is 23.0. The van der Waals surface area contributed by atoms with Gasteiger partial charge in [-0.2, -0.15) is 0 Å². The number of thiophene rings is 1. The van der Waals surface area contributed by atoms with Crippen molar-refractivity contribution in [2.24, 2.45) is 0 Å². The fourth-order valence-electron chi connectivity index (χ4n) is 2.22. The van der Waals surface area contributed by atoms with Gasteiger partial charge in [-0.1, -0.05) is 0 Å². The van der Waals surface area contributed by atoms with Crippen molar-refractivity contribution in [1.29, 1.82) is 0 Å². The van der Waals surface area contributed by atoms with E-state index in [1.54, 1.807) is 20.8 Å². The number of anilines is 1. The average molecular weight is 379 g/mol. The minimum atomic E-state index is -0.647. The SMILES string of the molecule is CCOC(=O)c1sc(NC(=O)c2ccc(F)cc2)c(C(=O)OCC)c1C. The lowest BCUT2D eigenvalue weighted by Crippen LogP contribution is -2.15. The van der Waals surface area contributed by atoms with Crippen LogP contribution in [0, 0.1) is 12.7 Å². The van der Waals surface area contributed by atoms with Gasteiger partial charge in [-0.25, -0.2) is 14.0 Å². The van der Waals surface area contributed by atoms with Crippen LogP contribution in [-0.2, 0) is 9.47 Å². The van der Waals surface area contributed by atoms with Crippen molar-refractivity contribution >= 4 is 34.2 Å². The molecule has 0 aliphatic heterocycles. The summed E-state index contributed by atoms with van der Waals surface area (Å²) >= 11 is 0.933. The molecule has 1 heterocycles. The maximum Gasteiger partial charge on any atom is 0.348 e. The maximum absolute atomic E-state index is 13.0. The Morgan fingerprint density at radius 1 is 1.04 bits per heavy atom. The van der Waals surface area contributed by atoms with Crippen LogP contribution in [0.4, 0.5) is 9.39 Å². The zero-order chi connectivity index (χ0) is 19.3. The Balaban J connectivity index is 2.40. The molecule has 138 valence electrons. The molecule has 0 aliphatic rings. The molecule has 0 unspecified atom stereocenters.